The Kier molecular flexibility index (Phi) is 1.95. The van der Waals surface area contributed by atoms with E-state index in [9.17, 15) is 0 Å². The summed E-state index contributed by atoms with van der Waals surface area (Å²) in [4.78, 5) is 0. The van der Waals surface area contributed by atoms with E-state index < -0.39 is 0 Å². The third-order valence-corrected chi connectivity index (χ3v) is 2.68. The molecular formula is C9H12OS. The van der Waals surface area contributed by atoms with E-state index in [0.717, 1.165) is 17.9 Å². The van der Waals surface area contributed by atoms with Crippen molar-refractivity contribution in [3.05, 3.63) is 24.0 Å². The topological polar surface area (TPSA) is 9.23 Å². The highest BCUT2D eigenvalue weighted by Gasteiger charge is 2.25. The molecule has 1 fully saturated rings. The Morgan fingerprint density at radius 1 is 1.55 bits per heavy atom. The van der Waals surface area contributed by atoms with Crippen LogP contribution in [-0.2, 0) is 4.74 Å². The van der Waals surface area contributed by atoms with Crippen LogP contribution in [0.3, 0.4) is 0 Å². The maximum absolute atomic E-state index is 5.68. The highest BCUT2D eigenvalue weighted by atomic mass is 32.1. The molecule has 0 spiro atoms. The van der Waals surface area contributed by atoms with E-state index in [2.05, 4.69) is 30.9 Å². The number of fused-ring (bicyclic) bond motifs is 1. The minimum Gasteiger partial charge on any atom is -0.493 e. The van der Waals surface area contributed by atoms with Crippen LogP contribution in [0.15, 0.2) is 24.0 Å². The molecule has 11 heavy (non-hydrogen) atoms. The fourth-order valence-corrected chi connectivity index (χ4v) is 1.87. The Labute approximate surface area is 72.5 Å². The van der Waals surface area contributed by atoms with Gasteiger partial charge in [0.1, 0.15) is 11.9 Å². The Morgan fingerprint density at radius 2 is 2.45 bits per heavy atom. The Bertz CT molecular complexity index is 208. The molecule has 0 aromatic rings. The monoisotopic (exact) mass is 168 g/mol. The number of thiol groups is 1. The Hall–Kier alpha value is -0.370. The van der Waals surface area contributed by atoms with Crippen molar-refractivity contribution in [2.75, 3.05) is 5.75 Å². The van der Waals surface area contributed by atoms with Gasteiger partial charge >= 0.3 is 0 Å². The quantitative estimate of drug-likeness (QED) is 0.590. The molecule has 0 aromatic heterocycles. The molecular weight excluding hydrogens is 156 g/mol. The number of ether oxygens (including phenoxy) is 1. The van der Waals surface area contributed by atoms with Gasteiger partial charge in [-0.25, -0.2) is 0 Å². The molecule has 2 atom stereocenters. The SMILES string of the molecule is SCC1CCC2C=CC=C2O1. The van der Waals surface area contributed by atoms with Crippen LogP contribution in [0.1, 0.15) is 12.8 Å². The fourth-order valence-electron chi connectivity index (χ4n) is 1.61. The van der Waals surface area contributed by atoms with Crippen LogP contribution in [0.2, 0.25) is 0 Å². The predicted molar refractivity (Wildman–Crippen MR) is 48.7 cm³/mol. The molecule has 1 heterocycles. The van der Waals surface area contributed by atoms with E-state index in [4.69, 9.17) is 4.74 Å². The van der Waals surface area contributed by atoms with Crippen molar-refractivity contribution in [1.82, 2.24) is 0 Å². The van der Waals surface area contributed by atoms with Crippen LogP contribution in [0.4, 0.5) is 0 Å². The van der Waals surface area contributed by atoms with Crippen LogP contribution in [0, 0.1) is 5.92 Å². The second kappa shape index (κ2) is 2.94. The normalized spacial score (nSPS) is 34.5. The van der Waals surface area contributed by atoms with E-state index >= 15 is 0 Å². The summed E-state index contributed by atoms with van der Waals surface area (Å²) in [6.45, 7) is 0. The number of rotatable bonds is 1. The van der Waals surface area contributed by atoms with Gasteiger partial charge in [0.05, 0.1) is 0 Å². The standard InChI is InChI=1S/C9H12OS/c11-6-8-5-4-7-2-1-3-9(7)10-8/h1-3,7-8,11H,4-6H2. The van der Waals surface area contributed by atoms with Crippen LogP contribution in [0.25, 0.3) is 0 Å². The molecule has 0 aromatic carbocycles. The van der Waals surface area contributed by atoms with Crippen molar-refractivity contribution in [3.8, 4) is 0 Å². The van der Waals surface area contributed by atoms with Crippen LogP contribution in [-0.4, -0.2) is 11.9 Å². The molecule has 2 aliphatic rings. The Balaban J connectivity index is 2.03. The highest BCUT2D eigenvalue weighted by molar-refractivity contribution is 7.80. The van der Waals surface area contributed by atoms with Crippen molar-refractivity contribution in [2.45, 2.75) is 18.9 Å². The first-order valence-electron chi connectivity index (χ1n) is 4.06. The van der Waals surface area contributed by atoms with Gasteiger partial charge in [0.25, 0.3) is 0 Å². The average molecular weight is 168 g/mol. The van der Waals surface area contributed by atoms with Gasteiger partial charge in [0.2, 0.25) is 0 Å². The van der Waals surface area contributed by atoms with Gasteiger partial charge in [-0.15, -0.1) is 0 Å². The molecule has 60 valence electrons. The number of hydrogen-bond donors (Lipinski definition) is 1. The van der Waals surface area contributed by atoms with E-state index in [0.29, 0.717) is 12.0 Å². The van der Waals surface area contributed by atoms with Gasteiger partial charge in [-0.1, -0.05) is 12.2 Å². The zero-order valence-corrected chi connectivity index (χ0v) is 7.26. The van der Waals surface area contributed by atoms with Crippen LogP contribution in [0.5, 0.6) is 0 Å². The lowest BCUT2D eigenvalue weighted by atomic mass is 9.98. The molecule has 0 amide bonds. The minimum atomic E-state index is 0.348. The zero-order chi connectivity index (χ0) is 7.68. The maximum Gasteiger partial charge on any atom is 0.107 e. The van der Waals surface area contributed by atoms with Crippen molar-refractivity contribution in [3.63, 3.8) is 0 Å². The summed E-state index contributed by atoms with van der Waals surface area (Å²) in [7, 11) is 0. The third kappa shape index (κ3) is 1.32. The molecule has 2 unspecified atom stereocenters. The van der Waals surface area contributed by atoms with Gasteiger partial charge in [-0.3, -0.25) is 0 Å². The molecule has 0 N–H and O–H groups in total. The summed E-state index contributed by atoms with van der Waals surface area (Å²) in [6.07, 6.45) is 9.09. The highest BCUT2D eigenvalue weighted by Crippen LogP contribution is 2.32. The molecule has 2 rings (SSSR count). The van der Waals surface area contributed by atoms with Crippen molar-refractivity contribution in [2.24, 2.45) is 5.92 Å². The fraction of sp³-hybridized carbons (Fsp3) is 0.556. The summed E-state index contributed by atoms with van der Waals surface area (Å²) in [6, 6.07) is 0. The van der Waals surface area contributed by atoms with Gasteiger partial charge in [0, 0.05) is 11.7 Å². The van der Waals surface area contributed by atoms with Crippen molar-refractivity contribution >= 4 is 12.6 Å². The lowest BCUT2D eigenvalue weighted by molar-refractivity contribution is 0.0755. The van der Waals surface area contributed by atoms with Crippen LogP contribution >= 0.6 is 12.6 Å². The first-order valence-corrected chi connectivity index (χ1v) is 4.69. The van der Waals surface area contributed by atoms with Crippen LogP contribution < -0.4 is 0 Å². The zero-order valence-electron chi connectivity index (χ0n) is 6.36. The smallest absolute Gasteiger partial charge is 0.107 e. The van der Waals surface area contributed by atoms with E-state index in [1.54, 1.807) is 0 Å². The predicted octanol–water partition coefficient (Wildman–Crippen LogP) is 2.17. The number of allylic oxidation sites excluding steroid dienone is 3. The summed E-state index contributed by atoms with van der Waals surface area (Å²) < 4.78 is 5.68. The van der Waals surface area contributed by atoms with E-state index in [1.165, 1.54) is 6.42 Å². The van der Waals surface area contributed by atoms with Gasteiger partial charge < -0.3 is 4.74 Å². The average Bonchev–Trinajstić information content (AvgIpc) is 2.50. The minimum absolute atomic E-state index is 0.348. The van der Waals surface area contributed by atoms with Gasteiger partial charge in [-0.2, -0.15) is 12.6 Å². The number of hydrogen-bond acceptors (Lipinski definition) is 2. The summed E-state index contributed by atoms with van der Waals surface area (Å²) in [5.74, 6) is 2.56. The molecule has 2 heteroatoms. The molecule has 0 saturated carbocycles. The van der Waals surface area contributed by atoms with Crippen molar-refractivity contribution < 1.29 is 4.74 Å². The second-order valence-corrected chi connectivity index (χ2v) is 3.43. The molecule has 0 radical (unpaired) electrons. The molecule has 1 nitrogen and oxygen atoms in total. The Morgan fingerprint density at radius 3 is 3.27 bits per heavy atom. The van der Waals surface area contributed by atoms with Gasteiger partial charge in [0.15, 0.2) is 0 Å². The summed E-state index contributed by atoms with van der Waals surface area (Å²) >= 11 is 4.22. The first-order chi connectivity index (χ1) is 5.40. The van der Waals surface area contributed by atoms with E-state index in [1.807, 2.05) is 0 Å². The largest absolute Gasteiger partial charge is 0.493 e. The molecule has 1 saturated heterocycles. The summed E-state index contributed by atoms with van der Waals surface area (Å²) in [5.41, 5.74) is 0. The summed E-state index contributed by atoms with van der Waals surface area (Å²) in [5, 5.41) is 0. The molecule has 1 aliphatic carbocycles. The molecule has 1 aliphatic heterocycles. The third-order valence-electron chi connectivity index (χ3n) is 2.28. The maximum atomic E-state index is 5.68. The lowest BCUT2D eigenvalue weighted by Gasteiger charge is -2.28. The molecule has 0 bridgehead atoms. The van der Waals surface area contributed by atoms with Gasteiger partial charge in [-0.05, 0) is 18.9 Å². The first kappa shape index (κ1) is 7.29. The second-order valence-electron chi connectivity index (χ2n) is 3.06. The van der Waals surface area contributed by atoms with E-state index in [-0.39, 0.29) is 0 Å². The van der Waals surface area contributed by atoms with Crippen molar-refractivity contribution in [1.29, 1.82) is 0 Å². The lowest BCUT2D eigenvalue weighted by Crippen LogP contribution is -2.23.